The molecule has 7 nitrogen and oxygen atoms in total. The van der Waals surface area contributed by atoms with Gasteiger partial charge in [0.15, 0.2) is 0 Å². The van der Waals surface area contributed by atoms with Gasteiger partial charge in [-0.15, -0.1) is 0 Å². The van der Waals surface area contributed by atoms with Crippen LogP contribution in [0.1, 0.15) is 38.4 Å². The summed E-state index contributed by atoms with van der Waals surface area (Å²) in [6.45, 7) is 5.76. The standard InChI is InChI=1S/C24H21N3O4/c1-15-12-19(13-20(14-25)18-8-10-21(11-9-18)27(29)30)17(3)26(15)23-7-5-6-22(16(23)2)24(28)31-4/h5-13H,1-4H3/b20-13+. The monoisotopic (exact) mass is 415 g/mol. The summed E-state index contributed by atoms with van der Waals surface area (Å²) in [6, 6.07) is 15.5. The van der Waals surface area contributed by atoms with E-state index in [-0.39, 0.29) is 5.69 Å². The molecule has 31 heavy (non-hydrogen) atoms. The van der Waals surface area contributed by atoms with Crippen LogP contribution in [0.15, 0.2) is 48.5 Å². The fraction of sp³-hybridized carbons (Fsp3) is 0.167. The lowest BCUT2D eigenvalue weighted by Gasteiger charge is -2.15. The summed E-state index contributed by atoms with van der Waals surface area (Å²) in [5.41, 5.74) is 5.79. The van der Waals surface area contributed by atoms with Gasteiger partial charge in [0.25, 0.3) is 5.69 Å². The maximum atomic E-state index is 12.1. The van der Waals surface area contributed by atoms with Crippen LogP contribution in [0.25, 0.3) is 17.3 Å². The van der Waals surface area contributed by atoms with Crippen molar-refractivity contribution in [2.75, 3.05) is 7.11 Å². The summed E-state index contributed by atoms with van der Waals surface area (Å²) in [5, 5.41) is 20.5. The molecule has 0 saturated carbocycles. The Morgan fingerprint density at radius 2 is 1.84 bits per heavy atom. The van der Waals surface area contributed by atoms with Crippen LogP contribution in [0, 0.1) is 42.2 Å². The Labute approximate surface area is 180 Å². The van der Waals surface area contributed by atoms with Crippen molar-refractivity contribution in [3.8, 4) is 11.8 Å². The maximum Gasteiger partial charge on any atom is 0.338 e. The summed E-state index contributed by atoms with van der Waals surface area (Å²) in [7, 11) is 1.35. The van der Waals surface area contributed by atoms with E-state index >= 15 is 0 Å². The fourth-order valence-electron chi connectivity index (χ4n) is 3.60. The molecule has 0 bridgehead atoms. The number of benzene rings is 2. The molecule has 0 unspecified atom stereocenters. The number of aryl methyl sites for hydroxylation is 1. The van der Waals surface area contributed by atoms with Crippen LogP contribution in [0.5, 0.6) is 0 Å². The molecular formula is C24H21N3O4. The highest BCUT2D eigenvalue weighted by Crippen LogP contribution is 2.28. The van der Waals surface area contributed by atoms with E-state index in [0.29, 0.717) is 16.7 Å². The van der Waals surface area contributed by atoms with Gasteiger partial charge in [0.05, 0.1) is 29.2 Å². The number of hydrogen-bond donors (Lipinski definition) is 0. The van der Waals surface area contributed by atoms with Gasteiger partial charge in [0.2, 0.25) is 0 Å². The van der Waals surface area contributed by atoms with Crippen molar-refractivity contribution in [3.63, 3.8) is 0 Å². The van der Waals surface area contributed by atoms with Gasteiger partial charge in [-0.25, -0.2) is 4.79 Å². The van der Waals surface area contributed by atoms with Gasteiger partial charge >= 0.3 is 5.97 Å². The molecule has 2 aromatic carbocycles. The predicted molar refractivity (Wildman–Crippen MR) is 118 cm³/mol. The highest BCUT2D eigenvalue weighted by Gasteiger charge is 2.17. The third kappa shape index (κ3) is 4.09. The normalized spacial score (nSPS) is 11.1. The SMILES string of the molecule is COC(=O)c1cccc(-n2c(C)cc(/C=C(\C#N)c3ccc([N+](=O)[O-])cc3)c2C)c1C. The number of nitriles is 1. The van der Waals surface area contributed by atoms with Gasteiger partial charge in [-0.2, -0.15) is 5.26 Å². The molecule has 1 heterocycles. The molecule has 0 saturated heterocycles. The molecule has 156 valence electrons. The number of rotatable bonds is 5. The van der Waals surface area contributed by atoms with Crippen molar-refractivity contribution >= 4 is 23.3 Å². The number of aromatic nitrogens is 1. The van der Waals surface area contributed by atoms with Crippen molar-refractivity contribution in [1.29, 1.82) is 5.26 Å². The number of carbonyl (C=O) groups is 1. The van der Waals surface area contributed by atoms with Gasteiger partial charge in [-0.1, -0.05) is 6.07 Å². The summed E-state index contributed by atoms with van der Waals surface area (Å²) in [4.78, 5) is 22.5. The molecule has 3 aromatic rings. The third-order valence-corrected chi connectivity index (χ3v) is 5.23. The Morgan fingerprint density at radius 3 is 2.42 bits per heavy atom. The number of ether oxygens (including phenoxy) is 1. The van der Waals surface area contributed by atoms with Crippen molar-refractivity contribution < 1.29 is 14.5 Å². The molecule has 0 aliphatic heterocycles. The van der Waals surface area contributed by atoms with Gasteiger partial charge in [-0.05, 0) is 73.9 Å². The van der Waals surface area contributed by atoms with Crippen LogP contribution in [0.3, 0.4) is 0 Å². The zero-order chi connectivity index (χ0) is 22.7. The smallest absolute Gasteiger partial charge is 0.338 e. The van der Waals surface area contributed by atoms with Gasteiger partial charge < -0.3 is 9.30 Å². The molecule has 1 aromatic heterocycles. The minimum atomic E-state index is -0.474. The maximum absolute atomic E-state index is 12.1. The Bertz CT molecular complexity index is 1250. The van der Waals surface area contributed by atoms with Crippen LogP contribution >= 0.6 is 0 Å². The highest BCUT2D eigenvalue weighted by atomic mass is 16.6. The van der Waals surface area contributed by atoms with Gasteiger partial charge in [0, 0.05) is 29.2 Å². The Kier molecular flexibility index (Phi) is 6.02. The van der Waals surface area contributed by atoms with Gasteiger partial charge in [0.1, 0.15) is 0 Å². The topological polar surface area (TPSA) is 98.2 Å². The first-order chi connectivity index (χ1) is 14.8. The van der Waals surface area contributed by atoms with Crippen LogP contribution in [0.2, 0.25) is 0 Å². The van der Waals surface area contributed by atoms with E-state index in [0.717, 1.165) is 28.2 Å². The highest BCUT2D eigenvalue weighted by molar-refractivity contribution is 5.92. The molecule has 0 aliphatic carbocycles. The molecule has 7 heteroatoms. The first-order valence-corrected chi connectivity index (χ1v) is 9.52. The minimum absolute atomic E-state index is 0.0276. The third-order valence-electron chi connectivity index (χ3n) is 5.23. The van der Waals surface area contributed by atoms with E-state index in [1.165, 1.54) is 19.2 Å². The van der Waals surface area contributed by atoms with Gasteiger partial charge in [-0.3, -0.25) is 10.1 Å². The molecule has 0 radical (unpaired) electrons. The first kappa shape index (κ1) is 21.5. The Balaban J connectivity index is 2.08. The molecule has 3 rings (SSSR count). The average molecular weight is 415 g/mol. The van der Waals surface area contributed by atoms with E-state index in [4.69, 9.17) is 4.74 Å². The minimum Gasteiger partial charge on any atom is -0.465 e. The molecular weight excluding hydrogens is 394 g/mol. The molecule has 0 N–H and O–H groups in total. The van der Waals surface area contributed by atoms with E-state index < -0.39 is 10.9 Å². The number of nitrogens with zero attached hydrogens (tertiary/aromatic N) is 3. The molecule has 0 atom stereocenters. The lowest BCUT2D eigenvalue weighted by molar-refractivity contribution is -0.384. The van der Waals surface area contributed by atoms with E-state index in [1.54, 1.807) is 30.3 Å². The molecule has 0 fully saturated rings. The van der Waals surface area contributed by atoms with Crippen LogP contribution in [0.4, 0.5) is 5.69 Å². The second-order valence-corrected chi connectivity index (χ2v) is 7.08. The number of nitro benzene ring substituents is 1. The van der Waals surface area contributed by atoms with Crippen molar-refractivity contribution in [1.82, 2.24) is 4.57 Å². The second-order valence-electron chi connectivity index (χ2n) is 7.08. The van der Waals surface area contributed by atoms with Crippen molar-refractivity contribution in [2.45, 2.75) is 20.8 Å². The fourth-order valence-corrected chi connectivity index (χ4v) is 3.60. The number of nitro groups is 1. The predicted octanol–water partition coefficient (Wildman–Crippen LogP) is 5.16. The van der Waals surface area contributed by atoms with Crippen molar-refractivity contribution in [2.24, 2.45) is 0 Å². The van der Waals surface area contributed by atoms with E-state index in [2.05, 4.69) is 6.07 Å². The Hall–Kier alpha value is -4.18. The Morgan fingerprint density at radius 1 is 1.16 bits per heavy atom. The largest absolute Gasteiger partial charge is 0.465 e. The number of carbonyl (C=O) groups excluding carboxylic acids is 1. The molecule has 0 amide bonds. The number of hydrogen-bond acceptors (Lipinski definition) is 5. The van der Waals surface area contributed by atoms with E-state index in [9.17, 15) is 20.2 Å². The summed E-state index contributed by atoms with van der Waals surface area (Å²) in [5.74, 6) is -0.396. The number of non-ortho nitro benzene ring substituents is 1. The zero-order valence-corrected chi connectivity index (χ0v) is 17.7. The number of esters is 1. The molecule has 0 spiro atoms. The van der Waals surface area contributed by atoms with Crippen LogP contribution in [-0.4, -0.2) is 22.6 Å². The quantitative estimate of drug-likeness (QED) is 0.248. The number of allylic oxidation sites excluding steroid dienone is 1. The average Bonchev–Trinajstić information content (AvgIpc) is 3.04. The zero-order valence-electron chi connectivity index (χ0n) is 17.7. The number of methoxy groups -OCH3 is 1. The summed E-state index contributed by atoms with van der Waals surface area (Å²) < 4.78 is 6.90. The van der Waals surface area contributed by atoms with E-state index in [1.807, 2.05) is 37.5 Å². The van der Waals surface area contributed by atoms with Crippen LogP contribution < -0.4 is 0 Å². The van der Waals surface area contributed by atoms with Crippen molar-refractivity contribution in [3.05, 3.63) is 92.3 Å². The first-order valence-electron chi connectivity index (χ1n) is 9.52. The molecule has 0 aliphatic rings. The second kappa shape index (κ2) is 8.67. The lowest BCUT2D eigenvalue weighted by atomic mass is 10.0. The van der Waals surface area contributed by atoms with Crippen LogP contribution in [-0.2, 0) is 4.74 Å². The summed E-state index contributed by atoms with van der Waals surface area (Å²) in [6.07, 6.45) is 1.76. The summed E-state index contributed by atoms with van der Waals surface area (Å²) >= 11 is 0. The lowest BCUT2D eigenvalue weighted by Crippen LogP contribution is -2.08.